The van der Waals surface area contributed by atoms with E-state index in [4.69, 9.17) is 23.2 Å². The molecule has 0 bridgehead atoms. The van der Waals surface area contributed by atoms with Gasteiger partial charge in [0.1, 0.15) is 0 Å². The molecule has 0 saturated carbocycles. The van der Waals surface area contributed by atoms with Crippen molar-refractivity contribution in [1.29, 1.82) is 0 Å². The van der Waals surface area contributed by atoms with Crippen LogP contribution in [0.1, 0.15) is 29.7 Å². The molecule has 1 atom stereocenters. The highest BCUT2D eigenvalue weighted by molar-refractivity contribution is 9.10. The molecule has 2 aromatic carbocycles. The second-order valence-electron chi connectivity index (χ2n) is 5.74. The molecule has 0 aromatic heterocycles. The molecule has 0 N–H and O–H groups in total. The fourth-order valence-electron chi connectivity index (χ4n) is 3.11. The lowest BCUT2D eigenvalue weighted by molar-refractivity contribution is -0.133. The molecule has 0 spiro atoms. The zero-order chi connectivity index (χ0) is 16.6. The highest BCUT2D eigenvalue weighted by Crippen LogP contribution is 2.33. The van der Waals surface area contributed by atoms with Gasteiger partial charge in [0.15, 0.2) is 0 Å². The number of nitrogens with zero attached hydrogens (tertiary/aromatic N) is 1. The van der Waals surface area contributed by atoms with E-state index in [1.807, 2.05) is 17.0 Å². The van der Waals surface area contributed by atoms with Crippen molar-refractivity contribution in [3.05, 3.63) is 67.6 Å². The second kappa shape index (κ2) is 6.84. The van der Waals surface area contributed by atoms with Crippen LogP contribution in [0.25, 0.3) is 0 Å². The van der Waals surface area contributed by atoms with Gasteiger partial charge >= 0.3 is 0 Å². The number of rotatable bonds is 2. The standard InChI is InChI=1S/C18H16BrCl2NO/c1-11-14-5-3-2-4-12(14)6-7-22(11)18(23)10-15-16(20)8-13(19)9-17(15)21/h2-5,8-9,11H,6-7,10H2,1H3/t11-/m0/s1. The van der Waals surface area contributed by atoms with Crippen LogP contribution < -0.4 is 0 Å². The number of hydrogen-bond donors (Lipinski definition) is 0. The van der Waals surface area contributed by atoms with Crippen molar-refractivity contribution in [2.45, 2.75) is 25.8 Å². The lowest BCUT2D eigenvalue weighted by Gasteiger charge is -2.35. The van der Waals surface area contributed by atoms with Gasteiger partial charge in [-0.3, -0.25) is 4.79 Å². The van der Waals surface area contributed by atoms with Crippen LogP contribution in [-0.2, 0) is 17.6 Å². The van der Waals surface area contributed by atoms with Crippen molar-refractivity contribution in [2.24, 2.45) is 0 Å². The first-order valence-electron chi connectivity index (χ1n) is 7.48. The van der Waals surface area contributed by atoms with Gasteiger partial charge in [-0.2, -0.15) is 0 Å². The van der Waals surface area contributed by atoms with Crippen molar-refractivity contribution in [3.63, 3.8) is 0 Å². The minimum absolute atomic E-state index is 0.0538. The normalized spacial score (nSPS) is 17.0. The fourth-order valence-corrected chi connectivity index (χ4v) is 4.45. The Balaban J connectivity index is 1.83. The molecule has 1 aliphatic rings. The zero-order valence-corrected chi connectivity index (χ0v) is 15.7. The number of carbonyl (C=O) groups excluding carboxylic acids is 1. The molecule has 120 valence electrons. The molecule has 2 aromatic rings. The minimum atomic E-state index is 0.0538. The summed E-state index contributed by atoms with van der Waals surface area (Å²) < 4.78 is 0.809. The zero-order valence-electron chi connectivity index (χ0n) is 12.7. The third-order valence-corrected chi connectivity index (χ3v) is 5.48. The van der Waals surface area contributed by atoms with Crippen LogP contribution in [0.3, 0.4) is 0 Å². The Morgan fingerprint density at radius 3 is 2.61 bits per heavy atom. The second-order valence-corrected chi connectivity index (χ2v) is 7.47. The predicted molar refractivity (Wildman–Crippen MR) is 98.1 cm³/mol. The molecule has 1 amide bonds. The number of fused-ring (bicyclic) bond motifs is 1. The van der Waals surface area contributed by atoms with Crippen molar-refractivity contribution in [1.82, 2.24) is 4.90 Å². The number of carbonyl (C=O) groups is 1. The molecule has 0 radical (unpaired) electrons. The predicted octanol–water partition coefficient (Wildman–Crippen LogP) is 5.44. The average molecular weight is 413 g/mol. The van der Waals surface area contributed by atoms with E-state index in [9.17, 15) is 4.79 Å². The van der Waals surface area contributed by atoms with Gasteiger partial charge in [0.05, 0.1) is 12.5 Å². The van der Waals surface area contributed by atoms with E-state index in [2.05, 4.69) is 35.0 Å². The summed E-state index contributed by atoms with van der Waals surface area (Å²) in [5.41, 5.74) is 3.23. The van der Waals surface area contributed by atoms with Crippen molar-refractivity contribution in [3.8, 4) is 0 Å². The van der Waals surface area contributed by atoms with Gasteiger partial charge in [-0.1, -0.05) is 63.4 Å². The molecule has 0 aliphatic carbocycles. The topological polar surface area (TPSA) is 20.3 Å². The Bertz CT molecular complexity index is 739. The van der Waals surface area contributed by atoms with Gasteiger partial charge in [0.25, 0.3) is 0 Å². The summed E-state index contributed by atoms with van der Waals surface area (Å²) in [7, 11) is 0. The van der Waals surface area contributed by atoms with Gasteiger partial charge in [-0.25, -0.2) is 0 Å². The Hall–Kier alpha value is -1.03. The van der Waals surface area contributed by atoms with Crippen LogP contribution in [-0.4, -0.2) is 17.4 Å². The summed E-state index contributed by atoms with van der Waals surface area (Å²) in [5, 5.41) is 1.03. The van der Waals surface area contributed by atoms with Gasteiger partial charge in [-0.15, -0.1) is 0 Å². The van der Waals surface area contributed by atoms with Crippen LogP contribution in [0.5, 0.6) is 0 Å². The smallest absolute Gasteiger partial charge is 0.227 e. The van der Waals surface area contributed by atoms with E-state index < -0.39 is 0 Å². The molecular formula is C18H16BrCl2NO. The van der Waals surface area contributed by atoms with Crippen LogP contribution in [0.2, 0.25) is 10.0 Å². The first kappa shape index (κ1) is 16.8. The molecular weight excluding hydrogens is 397 g/mol. The molecule has 0 saturated heterocycles. The monoisotopic (exact) mass is 411 g/mol. The van der Waals surface area contributed by atoms with Crippen molar-refractivity contribution >= 4 is 45.0 Å². The van der Waals surface area contributed by atoms with E-state index in [0.29, 0.717) is 15.6 Å². The Morgan fingerprint density at radius 1 is 1.26 bits per heavy atom. The summed E-state index contributed by atoms with van der Waals surface area (Å²) in [5.74, 6) is 0.0538. The Morgan fingerprint density at radius 2 is 1.91 bits per heavy atom. The van der Waals surface area contributed by atoms with Crippen LogP contribution >= 0.6 is 39.1 Å². The first-order chi connectivity index (χ1) is 11.0. The molecule has 1 aliphatic heterocycles. The third kappa shape index (κ3) is 3.42. The molecule has 0 fully saturated rings. The van der Waals surface area contributed by atoms with Gasteiger partial charge in [0.2, 0.25) is 5.91 Å². The van der Waals surface area contributed by atoms with Crippen LogP contribution in [0.15, 0.2) is 40.9 Å². The molecule has 0 unspecified atom stereocenters. The molecule has 5 heteroatoms. The van der Waals surface area contributed by atoms with E-state index in [1.54, 1.807) is 12.1 Å². The SMILES string of the molecule is C[C@H]1c2ccccc2CCN1C(=O)Cc1c(Cl)cc(Br)cc1Cl. The number of benzene rings is 2. The first-order valence-corrected chi connectivity index (χ1v) is 9.03. The van der Waals surface area contributed by atoms with E-state index in [1.165, 1.54) is 11.1 Å². The maximum atomic E-state index is 12.8. The molecule has 23 heavy (non-hydrogen) atoms. The summed E-state index contributed by atoms with van der Waals surface area (Å²) in [4.78, 5) is 14.7. The molecule has 1 heterocycles. The quantitative estimate of drug-likeness (QED) is 0.642. The summed E-state index contributed by atoms with van der Waals surface area (Å²) in [6.07, 6.45) is 1.10. The highest BCUT2D eigenvalue weighted by Gasteiger charge is 2.28. The maximum absolute atomic E-state index is 12.8. The van der Waals surface area contributed by atoms with Crippen molar-refractivity contribution in [2.75, 3.05) is 6.54 Å². The lowest BCUT2D eigenvalue weighted by atomic mass is 9.93. The lowest BCUT2D eigenvalue weighted by Crippen LogP contribution is -2.39. The maximum Gasteiger partial charge on any atom is 0.227 e. The number of halogens is 3. The van der Waals surface area contributed by atoms with Crippen LogP contribution in [0.4, 0.5) is 0 Å². The number of hydrogen-bond acceptors (Lipinski definition) is 1. The Labute approximate surface area is 154 Å². The average Bonchev–Trinajstić information content (AvgIpc) is 2.51. The van der Waals surface area contributed by atoms with Gasteiger partial charge in [0, 0.05) is 21.1 Å². The number of amides is 1. The van der Waals surface area contributed by atoms with Gasteiger partial charge in [-0.05, 0) is 42.2 Å². The molecule has 3 rings (SSSR count). The highest BCUT2D eigenvalue weighted by atomic mass is 79.9. The largest absolute Gasteiger partial charge is 0.335 e. The summed E-state index contributed by atoms with van der Waals surface area (Å²) >= 11 is 15.9. The van der Waals surface area contributed by atoms with E-state index in [-0.39, 0.29) is 18.4 Å². The van der Waals surface area contributed by atoms with Crippen LogP contribution in [0, 0.1) is 0 Å². The third-order valence-electron chi connectivity index (χ3n) is 4.35. The Kier molecular flexibility index (Phi) is 5.00. The summed E-state index contributed by atoms with van der Waals surface area (Å²) in [6, 6.07) is 11.9. The minimum Gasteiger partial charge on any atom is -0.335 e. The van der Waals surface area contributed by atoms with Gasteiger partial charge < -0.3 is 4.90 Å². The fraction of sp³-hybridized carbons (Fsp3) is 0.278. The molecule has 2 nitrogen and oxygen atoms in total. The summed E-state index contributed by atoms with van der Waals surface area (Å²) in [6.45, 7) is 2.80. The van der Waals surface area contributed by atoms with Crippen molar-refractivity contribution < 1.29 is 4.79 Å². The van der Waals surface area contributed by atoms with E-state index >= 15 is 0 Å². The van der Waals surface area contributed by atoms with E-state index in [0.717, 1.165) is 17.4 Å².